The van der Waals surface area contributed by atoms with E-state index in [4.69, 9.17) is 4.74 Å². The van der Waals surface area contributed by atoms with Crippen molar-refractivity contribution in [3.8, 4) is 0 Å². The Morgan fingerprint density at radius 1 is 0.952 bits per heavy atom. The second-order valence-corrected chi connectivity index (χ2v) is 5.74. The summed E-state index contributed by atoms with van der Waals surface area (Å²) in [4.78, 5) is 1.31. The summed E-state index contributed by atoms with van der Waals surface area (Å²) >= 11 is 1.77. The molecular weight excluding hydrogens is 278 g/mol. The number of rotatable bonds is 8. The van der Waals surface area contributed by atoms with Crippen molar-refractivity contribution >= 4 is 11.8 Å². The van der Waals surface area contributed by atoms with Gasteiger partial charge in [0.2, 0.25) is 0 Å². The first-order chi connectivity index (χ1) is 10.3. The minimum atomic E-state index is 0.691. The third-order valence-corrected chi connectivity index (χ3v) is 4.13. The highest BCUT2D eigenvalue weighted by atomic mass is 32.2. The molecule has 1 N–H and O–H groups in total. The predicted octanol–water partition coefficient (Wildman–Crippen LogP) is 4.23. The maximum absolute atomic E-state index is 5.52. The molecule has 21 heavy (non-hydrogen) atoms. The predicted molar refractivity (Wildman–Crippen MR) is 90.5 cm³/mol. The van der Waals surface area contributed by atoms with Crippen LogP contribution < -0.4 is 5.32 Å². The summed E-state index contributed by atoms with van der Waals surface area (Å²) in [6.45, 7) is 5.23. The number of thioether (sulfide) groups is 1. The highest BCUT2D eigenvalue weighted by Crippen LogP contribution is 2.15. The molecule has 0 fully saturated rings. The summed E-state index contributed by atoms with van der Waals surface area (Å²) in [7, 11) is 0. The Morgan fingerprint density at radius 2 is 1.67 bits per heavy atom. The fourth-order valence-corrected chi connectivity index (χ4v) is 2.58. The van der Waals surface area contributed by atoms with Gasteiger partial charge >= 0.3 is 0 Å². The molecule has 0 saturated carbocycles. The van der Waals surface area contributed by atoms with E-state index in [2.05, 4.69) is 60.1 Å². The van der Waals surface area contributed by atoms with E-state index in [9.17, 15) is 0 Å². The van der Waals surface area contributed by atoms with E-state index < -0.39 is 0 Å². The lowest BCUT2D eigenvalue weighted by Crippen LogP contribution is -2.14. The van der Waals surface area contributed by atoms with Crippen LogP contribution in [0.2, 0.25) is 0 Å². The van der Waals surface area contributed by atoms with Crippen LogP contribution >= 0.6 is 11.8 Å². The van der Waals surface area contributed by atoms with Gasteiger partial charge in [-0.3, -0.25) is 0 Å². The molecule has 0 bridgehead atoms. The monoisotopic (exact) mass is 301 g/mol. The summed E-state index contributed by atoms with van der Waals surface area (Å²) in [5.74, 6) is 0. The van der Waals surface area contributed by atoms with Crippen molar-refractivity contribution in [2.75, 3.05) is 12.9 Å². The summed E-state index contributed by atoms with van der Waals surface area (Å²) in [6.07, 6.45) is 2.10. The number of hydrogen-bond donors (Lipinski definition) is 1. The smallest absolute Gasteiger partial charge is 0.0719 e. The Kier molecular flexibility index (Phi) is 6.80. The van der Waals surface area contributed by atoms with Gasteiger partial charge in [0.15, 0.2) is 0 Å². The maximum Gasteiger partial charge on any atom is 0.0719 e. The molecule has 0 saturated heterocycles. The molecule has 0 aromatic heterocycles. The van der Waals surface area contributed by atoms with E-state index in [0.717, 1.165) is 19.7 Å². The molecule has 2 aromatic carbocycles. The van der Waals surface area contributed by atoms with Gasteiger partial charge in [-0.05, 0) is 42.0 Å². The van der Waals surface area contributed by atoms with Gasteiger partial charge in [0.05, 0.1) is 6.61 Å². The van der Waals surface area contributed by atoms with Gasteiger partial charge in [-0.15, -0.1) is 11.8 Å². The fourth-order valence-electron chi connectivity index (χ4n) is 2.17. The molecule has 2 nitrogen and oxygen atoms in total. The van der Waals surface area contributed by atoms with E-state index in [1.165, 1.54) is 21.6 Å². The Balaban J connectivity index is 1.87. The number of benzene rings is 2. The van der Waals surface area contributed by atoms with Crippen molar-refractivity contribution in [1.29, 1.82) is 0 Å². The molecule has 2 rings (SSSR count). The zero-order valence-electron chi connectivity index (χ0n) is 12.8. The average molecular weight is 301 g/mol. The Labute approximate surface area is 131 Å². The Morgan fingerprint density at radius 3 is 2.33 bits per heavy atom. The zero-order valence-corrected chi connectivity index (χ0v) is 13.6. The quantitative estimate of drug-likeness (QED) is 0.737. The van der Waals surface area contributed by atoms with E-state index in [-0.39, 0.29) is 0 Å². The molecule has 0 aliphatic carbocycles. The molecule has 0 unspecified atom stereocenters. The molecule has 112 valence electrons. The van der Waals surface area contributed by atoms with Crippen LogP contribution in [-0.2, 0) is 24.4 Å². The lowest BCUT2D eigenvalue weighted by atomic mass is 10.1. The van der Waals surface area contributed by atoms with Gasteiger partial charge in [-0.25, -0.2) is 0 Å². The highest BCUT2D eigenvalue weighted by molar-refractivity contribution is 7.98. The van der Waals surface area contributed by atoms with Gasteiger partial charge in [0, 0.05) is 24.6 Å². The van der Waals surface area contributed by atoms with Crippen LogP contribution in [0.15, 0.2) is 53.4 Å². The minimum absolute atomic E-state index is 0.691. The minimum Gasteiger partial charge on any atom is -0.377 e. The van der Waals surface area contributed by atoms with Gasteiger partial charge in [-0.1, -0.05) is 36.4 Å². The lowest BCUT2D eigenvalue weighted by Gasteiger charge is -2.11. The molecule has 2 aromatic rings. The molecule has 0 amide bonds. The van der Waals surface area contributed by atoms with Crippen LogP contribution in [-0.4, -0.2) is 12.9 Å². The highest BCUT2D eigenvalue weighted by Gasteiger charge is 2.01. The van der Waals surface area contributed by atoms with Crippen molar-refractivity contribution in [2.45, 2.75) is 31.5 Å². The molecule has 3 heteroatoms. The summed E-state index contributed by atoms with van der Waals surface area (Å²) in [6, 6.07) is 17.2. The van der Waals surface area contributed by atoms with E-state index in [1.807, 2.05) is 6.92 Å². The van der Waals surface area contributed by atoms with E-state index in [0.29, 0.717) is 6.61 Å². The van der Waals surface area contributed by atoms with Crippen molar-refractivity contribution in [2.24, 2.45) is 0 Å². The topological polar surface area (TPSA) is 21.3 Å². The first-order valence-electron chi connectivity index (χ1n) is 7.31. The van der Waals surface area contributed by atoms with Gasteiger partial charge in [-0.2, -0.15) is 0 Å². The second-order valence-electron chi connectivity index (χ2n) is 4.86. The molecule has 0 atom stereocenters. The summed E-state index contributed by atoms with van der Waals surface area (Å²) in [5, 5.41) is 3.51. The van der Waals surface area contributed by atoms with Crippen LogP contribution in [0.3, 0.4) is 0 Å². The van der Waals surface area contributed by atoms with Crippen LogP contribution in [0, 0.1) is 0 Å². The van der Waals surface area contributed by atoms with Crippen LogP contribution in [0.4, 0.5) is 0 Å². The fraction of sp³-hybridized carbons (Fsp3) is 0.333. The third-order valence-electron chi connectivity index (χ3n) is 3.38. The average Bonchev–Trinajstić information content (AvgIpc) is 2.54. The van der Waals surface area contributed by atoms with Crippen molar-refractivity contribution in [3.05, 3.63) is 65.2 Å². The maximum atomic E-state index is 5.52. The Bertz CT molecular complexity index is 539. The molecule has 0 spiro atoms. The first kappa shape index (κ1) is 16.1. The number of nitrogens with one attached hydrogen (secondary N) is 1. The lowest BCUT2D eigenvalue weighted by molar-refractivity contribution is 0.133. The SMILES string of the molecule is CCOCc1ccccc1CNCc1ccc(SC)cc1. The van der Waals surface area contributed by atoms with Crippen molar-refractivity contribution < 1.29 is 4.74 Å². The molecule has 0 aliphatic rings. The molecule has 0 heterocycles. The van der Waals surface area contributed by atoms with Gasteiger partial charge in [0.25, 0.3) is 0 Å². The van der Waals surface area contributed by atoms with E-state index >= 15 is 0 Å². The standard InChI is InChI=1S/C18H23NOS/c1-3-20-14-17-7-5-4-6-16(17)13-19-12-15-8-10-18(21-2)11-9-15/h4-11,19H,3,12-14H2,1-2H3. The summed E-state index contributed by atoms with van der Waals surface area (Å²) < 4.78 is 5.52. The van der Waals surface area contributed by atoms with Crippen LogP contribution in [0.25, 0.3) is 0 Å². The third kappa shape index (κ3) is 5.20. The Hall–Kier alpha value is -1.29. The van der Waals surface area contributed by atoms with Crippen molar-refractivity contribution in [1.82, 2.24) is 5.32 Å². The second kappa shape index (κ2) is 8.88. The molecule has 0 radical (unpaired) electrons. The first-order valence-corrected chi connectivity index (χ1v) is 8.54. The van der Waals surface area contributed by atoms with Crippen molar-refractivity contribution in [3.63, 3.8) is 0 Å². The molecule has 0 aliphatic heterocycles. The largest absolute Gasteiger partial charge is 0.377 e. The van der Waals surface area contributed by atoms with E-state index in [1.54, 1.807) is 11.8 Å². The van der Waals surface area contributed by atoms with Crippen LogP contribution in [0.1, 0.15) is 23.6 Å². The number of ether oxygens (including phenoxy) is 1. The van der Waals surface area contributed by atoms with Gasteiger partial charge in [0.1, 0.15) is 0 Å². The van der Waals surface area contributed by atoms with Crippen LogP contribution in [0.5, 0.6) is 0 Å². The van der Waals surface area contributed by atoms with Gasteiger partial charge < -0.3 is 10.1 Å². The number of hydrogen-bond acceptors (Lipinski definition) is 3. The zero-order chi connectivity index (χ0) is 14.9. The molecular formula is C18H23NOS. The normalized spacial score (nSPS) is 10.8. The summed E-state index contributed by atoms with van der Waals surface area (Å²) in [5.41, 5.74) is 3.89.